The topological polar surface area (TPSA) is 79.0 Å². The Morgan fingerprint density at radius 3 is 2.30 bits per heavy atom. The van der Waals surface area contributed by atoms with E-state index in [0.29, 0.717) is 11.8 Å². The highest BCUT2D eigenvalue weighted by Crippen LogP contribution is 2.34. The van der Waals surface area contributed by atoms with Crippen LogP contribution in [-0.4, -0.2) is 13.4 Å². The van der Waals surface area contributed by atoms with E-state index < -0.39 is 32.7 Å². The first-order valence-electron chi connectivity index (χ1n) is 7.96. The average Bonchev–Trinajstić information content (AvgIpc) is 2.60. The van der Waals surface area contributed by atoms with Crippen molar-refractivity contribution >= 4 is 26.6 Å². The molecule has 2 aromatic carbocycles. The second-order valence-corrected chi connectivity index (χ2v) is 7.59. The van der Waals surface area contributed by atoms with Gasteiger partial charge in [0.25, 0.3) is 10.0 Å². The van der Waals surface area contributed by atoms with E-state index >= 15 is 0 Å². The van der Waals surface area contributed by atoms with Gasteiger partial charge in [-0.2, -0.15) is 13.2 Å². The summed E-state index contributed by atoms with van der Waals surface area (Å²) in [5.41, 5.74) is -0.890. The van der Waals surface area contributed by atoms with Crippen molar-refractivity contribution in [2.75, 3.05) is 4.72 Å². The van der Waals surface area contributed by atoms with Crippen LogP contribution in [0.3, 0.4) is 0 Å². The molecule has 1 aromatic heterocycles. The molecule has 0 radical (unpaired) electrons. The molecule has 0 atom stereocenters. The molecule has 0 saturated heterocycles. The van der Waals surface area contributed by atoms with Crippen LogP contribution in [0.2, 0.25) is 0 Å². The predicted octanol–water partition coefficient (Wildman–Crippen LogP) is 3.91. The summed E-state index contributed by atoms with van der Waals surface area (Å²) in [4.78, 5) is 13.4. The number of sulfonamides is 1. The van der Waals surface area contributed by atoms with E-state index in [-0.39, 0.29) is 10.4 Å². The van der Waals surface area contributed by atoms with Gasteiger partial charge in [0, 0.05) is 22.7 Å². The van der Waals surface area contributed by atoms with Gasteiger partial charge in [0.15, 0.2) is 0 Å². The van der Waals surface area contributed by atoms with E-state index in [1.807, 2.05) is 6.92 Å². The van der Waals surface area contributed by atoms with Crippen molar-refractivity contribution in [3.63, 3.8) is 0 Å². The fourth-order valence-electron chi connectivity index (χ4n) is 2.66. The molecule has 3 aromatic rings. The molecule has 3 rings (SSSR count). The summed E-state index contributed by atoms with van der Waals surface area (Å²) in [6.07, 6.45) is -4.01. The number of fused-ring (bicyclic) bond motifs is 1. The quantitative estimate of drug-likeness (QED) is 0.702. The minimum Gasteiger partial charge on any atom is -0.322 e. The van der Waals surface area contributed by atoms with Gasteiger partial charge >= 0.3 is 6.18 Å². The number of aromatic nitrogens is 1. The van der Waals surface area contributed by atoms with Gasteiger partial charge in [-0.15, -0.1) is 0 Å². The first-order chi connectivity index (χ1) is 12.6. The molecular weight excluding hydrogens is 381 g/mol. The molecule has 0 fully saturated rings. The number of benzene rings is 2. The molecule has 1 heterocycles. The molecular formula is C18H15F3N2O3S. The highest BCUT2D eigenvalue weighted by molar-refractivity contribution is 7.92. The lowest BCUT2D eigenvalue weighted by molar-refractivity contribution is -0.136. The van der Waals surface area contributed by atoms with E-state index in [1.165, 1.54) is 0 Å². The maximum absolute atomic E-state index is 13.2. The molecule has 5 nitrogen and oxygen atoms in total. The molecule has 27 heavy (non-hydrogen) atoms. The summed E-state index contributed by atoms with van der Waals surface area (Å²) < 4.78 is 67.1. The van der Waals surface area contributed by atoms with Gasteiger partial charge in [-0.25, -0.2) is 8.42 Å². The van der Waals surface area contributed by atoms with Gasteiger partial charge in [0.2, 0.25) is 5.56 Å². The standard InChI is InChI=1S/C18H15F3N2O3S/c1-2-11-3-5-12(6-4-11)23-27(25,26)13-7-8-16-14(9-13)15(18(19,20)21)10-17(24)22-16/h3-10,23H,2H2,1H3,(H,22,24). The number of halogens is 3. The van der Waals surface area contributed by atoms with Crippen molar-refractivity contribution in [2.45, 2.75) is 24.4 Å². The third-order valence-corrected chi connectivity index (χ3v) is 5.42. The van der Waals surface area contributed by atoms with Crippen LogP contribution in [0.15, 0.2) is 58.2 Å². The van der Waals surface area contributed by atoms with E-state index in [0.717, 1.165) is 30.2 Å². The number of pyridine rings is 1. The van der Waals surface area contributed by atoms with Crippen LogP contribution < -0.4 is 10.3 Å². The molecule has 0 amide bonds. The number of hydrogen-bond donors (Lipinski definition) is 2. The van der Waals surface area contributed by atoms with E-state index in [4.69, 9.17) is 0 Å². The minimum absolute atomic E-state index is 0.0962. The maximum Gasteiger partial charge on any atom is 0.417 e. The van der Waals surface area contributed by atoms with Gasteiger partial charge in [-0.05, 0) is 42.3 Å². The summed E-state index contributed by atoms with van der Waals surface area (Å²) in [7, 11) is -4.11. The average molecular weight is 396 g/mol. The molecule has 0 aliphatic rings. The number of hydrogen-bond acceptors (Lipinski definition) is 3. The van der Waals surface area contributed by atoms with Crippen LogP contribution in [0.1, 0.15) is 18.1 Å². The van der Waals surface area contributed by atoms with Crippen LogP contribution in [-0.2, 0) is 22.6 Å². The largest absolute Gasteiger partial charge is 0.417 e. The lowest BCUT2D eigenvalue weighted by Crippen LogP contribution is -2.16. The second-order valence-electron chi connectivity index (χ2n) is 5.91. The van der Waals surface area contributed by atoms with Gasteiger partial charge in [0.1, 0.15) is 0 Å². The molecule has 9 heteroatoms. The Bertz CT molecular complexity index is 1150. The SMILES string of the molecule is CCc1ccc(NS(=O)(=O)c2ccc3[nH]c(=O)cc(C(F)(F)F)c3c2)cc1. The van der Waals surface area contributed by atoms with Crippen molar-refractivity contribution in [2.24, 2.45) is 0 Å². The summed E-state index contributed by atoms with van der Waals surface area (Å²) in [5.74, 6) is 0. The van der Waals surface area contributed by atoms with Gasteiger partial charge in [-0.3, -0.25) is 9.52 Å². The monoisotopic (exact) mass is 396 g/mol. The third-order valence-electron chi connectivity index (χ3n) is 4.04. The Morgan fingerprint density at radius 2 is 1.70 bits per heavy atom. The Morgan fingerprint density at radius 1 is 1.04 bits per heavy atom. The molecule has 2 N–H and O–H groups in total. The Balaban J connectivity index is 2.07. The van der Waals surface area contributed by atoms with Crippen molar-refractivity contribution in [1.29, 1.82) is 0 Å². The first-order valence-corrected chi connectivity index (χ1v) is 9.44. The molecule has 0 bridgehead atoms. The van der Waals surface area contributed by atoms with Gasteiger partial charge in [0.05, 0.1) is 10.5 Å². The van der Waals surface area contributed by atoms with E-state index in [2.05, 4.69) is 9.71 Å². The fourth-order valence-corrected chi connectivity index (χ4v) is 3.74. The van der Waals surface area contributed by atoms with Crippen LogP contribution in [0, 0.1) is 0 Å². The second kappa shape index (κ2) is 6.73. The lowest BCUT2D eigenvalue weighted by Gasteiger charge is -2.12. The highest BCUT2D eigenvalue weighted by atomic mass is 32.2. The number of alkyl halides is 3. The predicted molar refractivity (Wildman–Crippen MR) is 96.2 cm³/mol. The van der Waals surface area contributed by atoms with Crippen molar-refractivity contribution < 1.29 is 21.6 Å². The molecule has 142 valence electrons. The van der Waals surface area contributed by atoms with E-state index in [1.54, 1.807) is 24.3 Å². The number of aromatic amines is 1. The van der Waals surface area contributed by atoms with Crippen LogP contribution in [0.25, 0.3) is 10.9 Å². The fraction of sp³-hybridized carbons (Fsp3) is 0.167. The third kappa shape index (κ3) is 3.97. The Labute approximate surface area is 152 Å². The number of rotatable bonds is 4. The zero-order valence-electron chi connectivity index (χ0n) is 14.1. The summed E-state index contributed by atoms with van der Waals surface area (Å²) in [5, 5.41) is -0.397. The molecule has 0 saturated carbocycles. The van der Waals surface area contributed by atoms with Gasteiger partial charge < -0.3 is 4.98 Å². The number of H-pyrrole nitrogens is 1. The van der Waals surface area contributed by atoms with Crippen LogP contribution in [0.5, 0.6) is 0 Å². The summed E-state index contributed by atoms with van der Waals surface area (Å²) in [6.45, 7) is 1.96. The zero-order valence-corrected chi connectivity index (χ0v) is 14.9. The van der Waals surface area contributed by atoms with E-state index in [9.17, 15) is 26.4 Å². The first kappa shape index (κ1) is 19.0. The number of anilines is 1. The molecule has 0 aliphatic heterocycles. The molecule has 0 unspecified atom stereocenters. The van der Waals surface area contributed by atoms with Crippen molar-refractivity contribution in [1.82, 2.24) is 4.98 Å². The summed E-state index contributed by atoms with van der Waals surface area (Å²) >= 11 is 0. The maximum atomic E-state index is 13.2. The van der Waals surface area contributed by atoms with Gasteiger partial charge in [-0.1, -0.05) is 19.1 Å². The zero-order chi connectivity index (χ0) is 19.8. The smallest absolute Gasteiger partial charge is 0.322 e. The minimum atomic E-state index is -4.79. The molecule has 0 aliphatic carbocycles. The number of aryl methyl sites for hydroxylation is 1. The van der Waals surface area contributed by atoms with Crippen LogP contribution >= 0.6 is 0 Å². The normalized spacial score (nSPS) is 12.3. The van der Waals surface area contributed by atoms with Crippen molar-refractivity contribution in [3.05, 3.63) is 70.0 Å². The Hall–Kier alpha value is -2.81. The summed E-state index contributed by atoms with van der Waals surface area (Å²) in [6, 6.07) is 10.3. The lowest BCUT2D eigenvalue weighted by atomic mass is 10.1. The van der Waals surface area contributed by atoms with Crippen molar-refractivity contribution in [3.8, 4) is 0 Å². The van der Waals surface area contributed by atoms with Crippen LogP contribution in [0.4, 0.5) is 18.9 Å². The number of nitrogens with one attached hydrogen (secondary N) is 2. The Kier molecular flexibility index (Phi) is 4.73. The highest BCUT2D eigenvalue weighted by Gasteiger charge is 2.33. The molecule has 0 spiro atoms.